The largest absolute Gasteiger partial charge is 0.351 e. The summed E-state index contributed by atoms with van der Waals surface area (Å²) in [5.74, 6) is 0.384. The van der Waals surface area contributed by atoms with Gasteiger partial charge >= 0.3 is 0 Å². The number of aryl methyl sites for hydroxylation is 3. The third-order valence-electron chi connectivity index (χ3n) is 4.44. The summed E-state index contributed by atoms with van der Waals surface area (Å²) in [5, 5.41) is 2.86. The van der Waals surface area contributed by atoms with Crippen LogP contribution in [0.5, 0.6) is 0 Å². The number of hydrogen-bond donors (Lipinski definition) is 1. The van der Waals surface area contributed by atoms with Crippen LogP contribution in [0.15, 0.2) is 58.6 Å². The monoisotopic (exact) mass is 408 g/mol. The van der Waals surface area contributed by atoms with Crippen LogP contribution in [-0.2, 0) is 6.54 Å². The van der Waals surface area contributed by atoms with Crippen LogP contribution >= 0.6 is 11.8 Å². The number of carbonyl (C=O) groups excluding carboxylic acids is 1. The number of aromatic nitrogens is 3. The molecule has 0 fully saturated rings. The van der Waals surface area contributed by atoms with Crippen molar-refractivity contribution in [1.82, 2.24) is 19.9 Å². The molecule has 0 radical (unpaired) electrons. The van der Waals surface area contributed by atoms with Crippen LogP contribution in [0, 0.1) is 20.8 Å². The predicted molar refractivity (Wildman–Crippen MR) is 116 cm³/mol. The molecule has 6 nitrogen and oxygen atoms in total. The van der Waals surface area contributed by atoms with Crippen molar-refractivity contribution in [2.45, 2.75) is 32.2 Å². The normalized spacial score (nSPS) is 10.7. The average Bonchev–Trinajstić information content (AvgIpc) is 2.70. The van der Waals surface area contributed by atoms with E-state index in [4.69, 9.17) is 0 Å². The molecule has 1 N–H and O–H groups in total. The lowest BCUT2D eigenvalue weighted by molar-refractivity contribution is 0.0953. The Morgan fingerprint density at radius 3 is 2.52 bits per heavy atom. The quantitative estimate of drug-likeness (QED) is 0.480. The summed E-state index contributed by atoms with van der Waals surface area (Å²) < 4.78 is 1.49. The third kappa shape index (κ3) is 5.54. The van der Waals surface area contributed by atoms with Crippen molar-refractivity contribution in [3.05, 3.63) is 87.4 Å². The first-order valence-corrected chi connectivity index (χ1v) is 10.4. The van der Waals surface area contributed by atoms with Gasteiger partial charge in [0.1, 0.15) is 5.56 Å². The molecule has 2 heterocycles. The zero-order valence-corrected chi connectivity index (χ0v) is 17.6. The van der Waals surface area contributed by atoms with E-state index >= 15 is 0 Å². The first kappa shape index (κ1) is 20.8. The average molecular weight is 409 g/mol. The summed E-state index contributed by atoms with van der Waals surface area (Å²) >= 11 is 1.67. The first-order chi connectivity index (χ1) is 13.9. The van der Waals surface area contributed by atoms with Crippen molar-refractivity contribution < 1.29 is 4.79 Å². The van der Waals surface area contributed by atoms with Crippen LogP contribution in [0.25, 0.3) is 0 Å². The van der Waals surface area contributed by atoms with E-state index in [1.807, 2.05) is 6.92 Å². The van der Waals surface area contributed by atoms with E-state index in [9.17, 15) is 9.59 Å². The van der Waals surface area contributed by atoms with Crippen molar-refractivity contribution in [3.63, 3.8) is 0 Å². The maximum atomic E-state index is 12.8. The van der Waals surface area contributed by atoms with E-state index in [0.717, 1.165) is 16.3 Å². The summed E-state index contributed by atoms with van der Waals surface area (Å²) in [7, 11) is 0. The summed E-state index contributed by atoms with van der Waals surface area (Å²) in [5.41, 5.74) is 3.21. The second-order valence-electron chi connectivity index (χ2n) is 6.87. The molecule has 0 bridgehead atoms. The van der Waals surface area contributed by atoms with Crippen molar-refractivity contribution in [1.29, 1.82) is 0 Å². The summed E-state index contributed by atoms with van der Waals surface area (Å²) in [6, 6.07) is 10.0. The third-order valence-corrected chi connectivity index (χ3v) is 5.46. The Morgan fingerprint density at radius 1 is 1.07 bits per heavy atom. The summed E-state index contributed by atoms with van der Waals surface area (Å²) in [6.07, 6.45) is 4.99. The molecule has 0 saturated heterocycles. The lowest BCUT2D eigenvalue weighted by atomic mass is 10.1. The lowest BCUT2D eigenvalue weighted by Crippen LogP contribution is -2.35. The maximum absolute atomic E-state index is 12.8. The van der Waals surface area contributed by atoms with Gasteiger partial charge in [0.15, 0.2) is 0 Å². The van der Waals surface area contributed by atoms with Gasteiger partial charge in [0.05, 0.1) is 24.1 Å². The molecule has 150 valence electrons. The number of nitrogens with one attached hydrogen (secondary N) is 1. The minimum atomic E-state index is -0.346. The number of amides is 1. The Kier molecular flexibility index (Phi) is 6.82. The van der Waals surface area contributed by atoms with E-state index in [2.05, 4.69) is 46.5 Å². The number of hydrogen-bond acceptors (Lipinski definition) is 5. The van der Waals surface area contributed by atoms with Gasteiger partial charge in [-0.05, 0) is 44.5 Å². The fraction of sp³-hybridized carbons (Fsp3) is 0.273. The standard InChI is InChI=1S/C22H24N4O2S/c1-15-4-6-19(7-5-15)29-11-9-23-21(27)20-16(2)8-10-26(22(20)28)14-18-13-24-17(3)12-25-18/h4-8,10,12-13H,9,11,14H2,1-3H3,(H,23,27). The molecule has 1 amide bonds. The molecule has 0 atom stereocenters. The van der Waals surface area contributed by atoms with Gasteiger partial charge in [-0.25, -0.2) is 0 Å². The molecule has 3 aromatic rings. The molecule has 0 spiro atoms. The van der Waals surface area contributed by atoms with Crippen molar-refractivity contribution in [3.8, 4) is 0 Å². The molecule has 0 saturated carbocycles. The maximum Gasteiger partial charge on any atom is 0.264 e. The van der Waals surface area contributed by atoms with Crippen LogP contribution < -0.4 is 10.9 Å². The highest BCUT2D eigenvalue weighted by molar-refractivity contribution is 7.99. The number of benzene rings is 1. The van der Waals surface area contributed by atoms with E-state index < -0.39 is 0 Å². The first-order valence-electron chi connectivity index (χ1n) is 9.39. The number of thioether (sulfide) groups is 1. The molecule has 3 rings (SSSR count). The van der Waals surface area contributed by atoms with Crippen molar-refractivity contribution >= 4 is 17.7 Å². The second kappa shape index (κ2) is 9.52. The minimum absolute atomic E-state index is 0.174. The molecule has 0 aliphatic rings. The summed E-state index contributed by atoms with van der Waals surface area (Å²) in [4.78, 5) is 35.1. The molecular weight excluding hydrogens is 384 g/mol. The van der Waals surface area contributed by atoms with Gasteiger partial charge in [0, 0.05) is 29.6 Å². The minimum Gasteiger partial charge on any atom is -0.351 e. The van der Waals surface area contributed by atoms with Crippen LogP contribution in [0.1, 0.15) is 32.9 Å². The molecule has 1 aromatic carbocycles. The van der Waals surface area contributed by atoms with E-state index in [1.165, 1.54) is 10.1 Å². The molecule has 29 heavy (non-hydrogen) atoms. The Hall–Kier alpha value is -2.93. The highest BCUT2D eigenvalue weighted by Crippen LogP contribution is 2.17. The molecular formula is C22H24N4O2S. The van der Waals surface area contributed by atoms with Crippen molar-refractivity contribution in [2.75, 3.05) is 12.3 Å². The highest BCUT2D eigenvalue weighted by atomic mass is 32.2. The topological polar surface area (TPSA) is 76.9 Å². The fourth-order valence-electron chi connectivity index (χ4n) is 2.80. The molecule has 0 aliphatic heterocycles. The van der Waals surface area contributed by atoms with Gasteiger partial charge < -0.3 is 9.88 Å². The molecule has 0 aliphatic carbocycles. The zero-order valence-electron chi connectivity index (χ0n) is 16.8. The van der Waals surface area contributed by atoms with E-state index in [0.29, 0.717) is 17.8 Å². The lowest BCUT2D eigenvalue weighted by Gasteiger charge is -2.11. The second-order valence-corrected chi connectivity index (χ2v) is 8.04. The van der Waals surface area contributed by atoms with Crippen LogP contribution in [0.3, 0.4) is 0 Å². The molecule has 7 heteroatoms. The Labute approximate surface area is 174 Å². The van der Waals surface area contributed by atoms with Crippen LogP contribution in [0.4, 0.5) is 0 Å². The van der Waals surface area contributed by atoms with Crippen LogP contribution in [0.2, 0.25) is 0 Å². The summed E-state index contributed by atoms with van der Waals surface area (Å²) in [6.45, 7) is 6.43. The Bertz CT molecular complexity index is 1040. The van der Waals surface area contributed by atoms with E-state index in [1.54, 1.807) is 43.3 Å². The molecule has 0 unspecified atom stereocenters. The van der Waals surface area contributed by atoms with Crippen LogP contribution in [-0.4, -0.2) is 32.7 Å². The van der Waals surface area contributed by atoms with Gasteiger partial charge in [-0.2, -0.15) is 0 Å². The van der Waals surface area contributed by atoms with Gasteiger partial charge in [-0.15, -0.1) is 11.8 Å². The van der Waals surface area contributed by atoms with Gasteiger partial charge in [0.25, 0.3) is 11.5 Å². The fourth-order valence-corrected chi connectivity index (χ4v) is 3.57. The van der Waals surface area contributed by atoms with Crippen molar-refractivity contribution in [2.24, 2.45) is 0 Å². The Morgan fingerprint density at radius 2 is 1.83 bits per heavy atom. The van der Waals surface area contributed by atoms with Gasteiger partial charge in [-0.3, -0.25) is 19.6 Å². The van der Waals surface area contributed by atoms with Gasteiger partial charge in [-0.1, -0.05) is 17.7 Å². The zero-order chi connectivity index (χ0) is 20.8. The SMILES string of the molecule is Cc1ccc(SCCNC(=O)c2c(C)ccn(Cc3cnc(C)cn3)c2=O)cc1. The van der Waals surface area contributed by atoms with Gasteiger partial charge in [0.2, 0.25) is 0 Å². The molecule has 2 aromatic heterocycles. The number of nitrogens with zero attached hydrogens (tertiary/aromatic N) is 3. The number of rotatable bonds is 7. The van der Waals surface area contributed by atoms with E-state index in [-0.39, 0.29) is 23.6 Å². The highest BCUT2D eigenvalue weighted by Gasteiger charge is 2.15. The number of pyridine rings is 1. The predicted octanol–water partition coefficient (Wildman–Crippen LogP) is 3.13. The smallest absolute Gasteiger partial charge is 0.264 e. The Balaban J connectivity index is 1.64. The number of carbonyl (C=O) groups is 1.